The van der Waals surface area contributed by atoms with E-state index in [-0.39, 0.29) is 6.10 Å². The van der Waals surface area contributed by atoms with Gasteiger partial charge in [0.1, 0.15) is 0 Å². The van der Waals surface area contributed by atoms with Crippen LogP contribution in [0.5, 0.6) is 0 Å². The molecule has 2 aromatic rings. The second-order valence-corrected chi connectivity index (χ2v) is 6.62. The van der Waals surface area contributed by atoms with Crippen LogP contribution < -0.4 is 0 Å². The van der Waals surface area contributed by atoms with Gasteiger partial charge in [-0.25, -0.2) is 0 Å². The van der Waals surface area contributed by atoms with Gasteiger partial charge >= 0.3 is 0 Å². The first-order valence-corrected chi connectivity index (χ1v) is 7.94. The lowest BCUT2D eigenvalue weighted by Gasteiger charge is -2.12. The van der Waals surface area contributed by atoms with E-state index in [1.54, 1.807) is 11.3 Å². The molecule has 1 aromatic heterocycles. The van der Waals surface area contributed by atoms with E-state index in [0.29, 0.717) is 5.92 Å². The van der Waals surface area contributed by atoms with E-state index in [0.717, 1.165) is 17.1 Å². The van der Waals surface area contributed by atoms with Gasteiger partial charge < -0.3 is 5.11 Å². The van der Waals surface area contributed by atoms with Crippen molar-refractivity contribution in [1.29, 1.82) is 0 Å². The maximum Gasteiger partial charge on any atom is 0.0894 e. The van der Waals surface area contributed by atoms with Gasteiger partial charge in [0.05, 0.1) is 6.10 Å². The Balaban J connectivity index is 2.08. The van der Waals surface area contributed by atoms with Crippen LogP contribution in [0.2, 0.25) is 0 Å². The van der Waals surface area contributed by atoms with Crippen molar-refractivity contribution >= 4 is 33.2 Å². The third-order valence-electron chi connectivity index (χ3n) is 2.60. The van der Waals surface area contributed by atoms with E-state index in [9.17, 15) is 5.11 Å². The van der Waals surface area contributed by atoms with Crippen LogP contribution >= 0.6 is 23.1 Å². The molecular weight excluding hydrogens is 248 g/mol. The van der Waals surface area contributed by atoms with Gasteiger partial charge in [-0.05, 0) is 34.1 Å². The highest BCUT2D eigenvalue weighted by atomic mass is 32.2. The highest BCUT2D eigenvalue weighted by Crippen LogP contribution is 2.30. The zero-order valence-electron chi connectivity index (χ0n) is 10.2. The van der Waals surface area contributed by atoms with Crippen LogP contribution in [0.4, 0.5) is 0 Å². The molecule has 3 heteroatoms. The number of benzene rings is 1. The second kappa shape index (κ2) is 5.89. The minimum absolute atomic E-state index is 0.346. The van der Waals surface area contributed by atoms with E-state index in [4.69, 9.17) is 0 Å². The lowest BCUT2D eigenvalue weighted by atomic mass is 10.1. The van der Waals surface area contributed by atoms with Crippen LogP contribution in [0.3, 0.4) is 0 Å². The summed E-state index contributed by atoms with van der Waals surface area (Å²) in [5.74, 6) is 2.58. The molecule has 0 aliphatic carbocycles. The normalized spacial score (nSPS) is 13.4. The summed E-state index contributed by atoms with van der Waals surface area (Å²) in [5, 5.41) is 13.6. The maximum atomic E-state index is 10.2. The number of rotatable bonds is 5. The van der Waals surface area contributed by atoms with Crippen molar-refractivity contribution in [3.05, 3.63) is 35.2 Å². The molecule has 0 bridgehead atoms. The van der Waals surface area contributed by atoms with E-state index in [2.05, 4.69) is 31.4 Å². The lowest BCUT2D eigenvalue weighted by molar-refractivity contribution is 0.206. The van der Waals surface area contributed by atoms with Crippen LogP contribution in [0.25, 0.3) is 10.1 Å². The molecule has 2 rings (SSSR count). The van der Waals surface area contributed by atoms with Crippen molar-refractivity contribution in [2.75, 3.05) is 11.5 Å². The van der Waals surface area contributed by atoms with E-state index < -0.39 is 0 Å². The van der Waals surface area contributed by atoms with Gasteiger partial charge in [-0.1, -0.05) is 32.0 Å². The maximum absolute atomic E-state index is 10.2. The zero-order chi connectivity index (χ0) is 12.3. The van der Waals surface area contributed by atoms with Crippen molar-refractivity contribution in [3.63, 3.8) is 0 Å². The Morgan fingerprint density at radius 3 is 2.82 bits per heavy atom. The first-order chi connectivity index (χ1) is 8.18. The van der Waals surface area contributed by atoms with Crippen molar-refractivity contribution in [1.82, 2.24) is 0 Å². The lowest BCUT2D eigenvalue weighted by Crippen LogP contribution is -2.03. The number of fused-ring (bicyclic) bond motifs is 1. The summed E-state index contributed by atoms with van der Waals surface area (Å²) in [4.78, 5) is 0. The molecule has 0 fully saturated rings. The Morgan fingerprint density at radius 1 is 1.24 bits per heavy atom. The molecule has 1 atom stereocenters. The highest BCUT2D eigenvalue weighted by molar-refractivity contribution is 7.99. The zero-order valence-corrected chi connectivity index (χ0v) is 11.9. The van der Waals surface area contributed by atoms with E-state index in [1.807, 2.05) is 23.9 Å². The molecule has 17 heavy (non-hydrogen) atoms. The number of hydrogen-bond acceptors (Lipinski definition) is 3. The fourth-order valence-electron chi connectivity index (χ4n) is 1.78. The van der Waals surface area contributed by atoms with Gasteiger partial charge in [0.15, 0.2) is 0 Å². The van der Waals surface area contributed by atoms with Gasteiger partial charge in [0, 0.05) is 10.5 Å². The number of thioether (sulfide) groups is 1. The van der Waals surface area contributed by atoms with Gasteiger partial charge in [-0.3, -0.25) is 0 Å². The average Bonchev–Trinajstić information content (AvgIpc) is 2.75. The summed E-state index contributed by atoms with van der Waals surface area (Å²) in [6.45, 7) is 4.42. The first-order valence-electron chi connectivity index (χ1n) is 5.90. The van der Waals surface area contributed by atoms with Crippen molar-refractivity contribution in [3.8, 4) is 0 Å². The molecule has 92 valence electrons. The molecule has 1 aromatic carbocycles. The van der Waals surface area contributed by atoms with Crippen LogP contribution in [0.15, 0.2) is 29.6 Å². The molecule has 0 spiro atoms. The van der Waals surface area contributed by atoms with Crippen molar-refractivity contribution in [2.24, 2.45) is 5.92 Å². The third-order valence-corrected chi connectivity index (χ3v) is 5.03. The Labute approximate surface area is 111 Å². The molecule has 1 nitrogen and oxygen atoms in total. The average molecular weight is 266 g/mol. The largest absolute Gasteiger partial charge is 0.387 e. The van der Waals surface area contributed by atoms with Crippen molar-refractivity contribution < 1.29 is 5.11 Å². The summed E-state index contributed by atoms with van der Waals surface area (Å²) >= 11 is 3.54. The van der Waals surface area contributed by atoms with E-state index in [1.165, 1.54) is 10.1 Å². The summed E-state index contributed by atoms with van der Waals surface area (Å²) in [6, 6.07) is 8.28. The minimum atomic E-state index is -0.346. The third kappa shape index (κ3) is 3.24. The van der Waals surface area contributed by atoms with Gasteiger partial charge in [0.2, 0.25) is 0 Å². The molecule has 0 aliphatic rings. The molecule has 1 heterocycles. The van der Waals surface area contributed by atoms with Crippen molar-refractivity contribution in [2.45, 2.75) is 20.0 Å². The standard InChI is InChI=1S/C14H18OS2/c1-10(2)8-16-9-13(15)12-5-3-4-11-6-7-17-14(11)12/h3-7,10,13,15H,8-9H2,1-2H3. The van der Waals surface area contributed by atoms with Crippen LogP contribution in [-0.2, 0) is 0 Å². The highest BCUT2D eigenvalue weighted by Gasteiger charge is 2.12. The van der Waals surface area contributed by atoms with Gasteiger partial charge in [0.25, 0.3) is 0 Å². The first kappa shape index (κ1) is 12.9. The Morgan fingerprint density at radius 2 is 2.06 bits per heavy atom. The Hall–Kier alpha value is -0.510. The summed E-state index contributed by atoms with van der Waals surface area (Å²) in [5.41, 5.74) is 1.08. The predicted molar refractivity (Wildman–Crippen MR) is 78.9 cm³/mol. The Bertz CT molecular complexity index is 476. The topological polar surface area (TPSA) is 20.2 Å². The molecule has 0 saturated heterocycles. The van der Waals surface area contributed by atoms with Crippen LogP contribution in [0.1, 0.15) is 25.5 Å². The minimum Gasteiger partial charge on any atom is -0.387 e. The summed E-state index contributed by atoms with van der Waals surface area (Å²) in [7, 11) is 0. The smallest absolute Gasteiger partial charge is 0.0894 e. The molecular formula is C14H18OS2. The van der Waals surface area contributed by atoms with E-state index >= 15 is 0 Å². The quantitative estimate of drug-likeness (QED) is 0.869. The van der Waals surface area contributed by atoms with Gasteiger partial charge in [-0.2, -0.15) is 11.8 Å². The molecule has 0 radical (unpaired) electrons. The number of aliphatic hydroxyl groups is 1. The monoisotopic (exact) mass is 266 g/mol. The molecule has 0 aliphatic heterocycles. The fourth-order valence-corrected chi connectivity index (χ4v) is 3.76. The molecule has 1 unspecified atom stereocenters. The van der Waals surface area contributed by atoms with Crippen LogP contribution in [0, 0.1) is 5.92 Å². The SMILES string of the molecule is CC(C)CSCC(O)c1cccc2ccsc12. The number of thiophene rings is 1. The predicted octanol–water partition coefficient (Wildman–Crippen LogP) is 4.32. The molecule has 1 N–H and O–H groups in total. The number of aliphatic hydroxyl groups excluding tert-OH is 1. The fraction of sp³-hybridized carbons (Fsp3) is 0.429. The summed E-state index contributed by atoms with van der Waals surface area (Å²) in [6.07, 6.45) is -0.346. The summed E-state index contributed by atoms with van der Waals surface area (Å²) < 4.78 is 1.23. The van der Waals surface area contributed by atoms with Gasteiger partial charge in [-0.15, -0.1) is 11.3 Å². The molecule has 0 amide bonds. The molecule has 0 saturated carbocycles. The Kier molecular flexibility index (Phi) is 4.48. The van der Waals surface area contributed by atoms with Crippen LogP contribution in [-0.4, -0.2) is 16.6 Å². The second-order valence-electron chi connectivity index (χ2n) is 4.63. The number of hydrogen-bond donors (Lipinski definition) is 1.